The zero-order valence-electron chi connectivity index (χ0n) is 10.1. The number of ketones is 1. The Labute approximate surface area is 122 Å². The molecule has 0 aliphatic carbocycles. The standard InChI is InChI=1S/C15H13Cl2NO/c16-12-7-6-11(13(17)9-12)8-14(19)15(18)10-4-2-1-3-5-10/h1-7,9,15H,8,18H2. The van der Waals surface area contributed by atoms with E-state index in [4.69, 9.17) is 28.9 Å². The Morgan fingerprint density at radius 1 is 1.11 bits per heavy atom. The molecule has 2 aromatic carbocycles. The molecule has 0 aliphatic rings. The number of benzene rings is 2. The minimum Gasteiger partial charge on any atom is -0.318 e. The van der Waals surface area contributed by atoms with Crippen LogP contribution in [0, 0.1) is 0 Å². The Morgan fingerprint density at radius 3 is 2.42 bits per heavy atom. The molecular weight excluding hydrogens is 281 g/mol. The van der Waals surface area contributed by atoms with E-state index < -0.39 is 6.04 Å². The predicted octanol–water partition coefficient (Wildman–Crippen LogP) is 3.81. The number of carbonyl (C=O) groups excluding carboxylic acids is 1. The molecular formula is C15H13Cl2NO. The summed E-state index contributed by atoms with van der Waals surface area (Å²) in [4.78, 5) is 12.1. The Balaban J connectivity index is 2.13. The van der Waals surface area contributed by atoms with Gasteiger partial charge in [0, 0.05) is 16.5 Å². The minimum atomic E-state index is -0.632. The number of carbonyl (C=O) groups is 1. The molecule has 4 heteroatoms. The molecule has 0 saturated heterocycles. The lowest BCUT2D eigenvalue weighted by atomic mass is 9.98. The third-order valence-corrected chi connectivity index (χ3v) is 3.47. The van der Waals surface area contributed by atoms with Crippen LogP contribution in [0.1, 0.15) is 17.2 Å². The molecule has 1 atom stereocenters. The van der Waals surface area contributed by atoms with E-state index in [1.54, 1.807) is 18.2 Å². The van der Waals surface area contributed by atoms with Gasteiger partial charge in [-0.1, -0.05) is 59.6 Å². The van der Waals surface area contributed by atoms with Crippen molar-refractivity contribution in [2.45, 2.75) is 12.5 Å². The molecule has 0 fully saturated rings. The normalized spacial score (nSPS) is 12.2. The fourth-order valence-corrected chi connectivity index (χ4v) is 2.28. The number of Topliss-reactive ketones (excluding diaryl/α,β-unsaturated/α-hetero) is 1. The van der Waals surface area contributed by atoms with Crippen LogP contribution in [0.2, 0.25) is 10.0 Å². The third kappa shape index (κ3) is 3.57. The highest BCUT2D eigenvalue weighted by atomic mass is 35.5. The molecule has 98 valence electrons. The smallest absolute Gasteiger partial charge is 0.158 e. The SMILES string of the molecule is NC(C(=O)Cc1ccc(Cl)cc1Cl)c1ccccc1. The van der Waals surface area contributed by atoms with Crippen LogP contribution in [0.25, 0.3) is 0 Å². The summed E-state index contributed by atoms with van der Waals surface area (Å²) in [6, 6.07) is 13.7. The van der Waals surface area contributed by atoms with Crippen LogP contribution in [-0.2, 0) is 11.2 Å². The summed E-state index contributed by atoms with van der Waals surface area (Å²) in [5, 5.41) is 1.04. The Morgan fingerprint density at radius 2 is 1.79 bits per heavy atom. The van der Waals surface area contributed by atoms with E-state index in [2.05, 4.69) is 0 Å². The molecule has 2 rings (SSSR count). The molecule has 0 bridgehead atoms. The molecule has 0 aliphatic heterocycles. The van der Waals surface area contributed by atoms with Crippen LogP contribution >= 0.6 is 23.2 Å². The van der Waals surface area contributed by atoms with Crippen molar-refractivity contribution >= 4 is 29.0 Å². The summed E-state index contributed by atoms with van der Waals surface area (Å²) >= 11 is 11.9. The maximum absolute atomic E-state index is 12.1. The maximum Gasteiger partial charge on any atom is 0.158 e. The van der Waals surface area contributed by atoms with Gasteiger partial charge in [-0.05, 0) is 23.3 Å². The minimum absolute atomic E-state index is 0.0737. The molecule has 0 heterocycles. The summed E-state index contributed by atoms with van der Waals surface area (Å²) in [6.45, 7) is 0. The van der Waals surface area contributed by atoms with Gasteiger partial charge in [-0.2, -0.15) is 0 Å². The first-order valence-electron chi connectivity index (χ1n) is 5.85. The topological polar surface area (TPSA) is 43.1 Å². The fraction of sp³-hybridized carbons (Fsp3) is 0.133. The first kappa shape index (κ1) is 14.1. The second kappa shape index (κ2) is 6.20. The van der Waals surface area contributed by atoms with Gasteiger partial charge >= 0.3 is 0 Å². The van der Waals surface area contributed by atoms with Crippen LogP contribution in [0.5, 0.6) is 0 Å². The van der Waals surface area contributed by atoms with Crippen LogP contribution in [-0.4, -0.2) is 5.78 Å². The van der Waals surface area contributed by atoms with Crippen molar-refractivity contribution < 1.29 is 4.79 Å². The number of hydrogen-bond donors (Lipinski definition) is 1. The van der Waals surface area contributed by atoms with Crippen molar-refractivity contribution in [2.75, 3.05) is 0 Å². The van der Waals surface area contributed by atoms with Gasteiger partial charge in [-0.25, -0.2) is 0 Å². The van der Waals surface area contributed by atoms with Gasteiger partial charge < -0.3 is 5.73 Å². The van der Waals surface area contributed by atoms with Crippen LogP contribution in [0.15, 0.2) is 48.5 Å². The lowest BCUT2D eigenvalue weighted by Crippen LogP contribution is -2.23. The average Bonchev–Trinajstić information content (AvgIpc) is 2.42. The van der Waals surface area contributed by atoms with Crippen LogP contribution in [0.3, 0.4) is 0 Å². The predicted molar refractivity (Wildman–Crippen MR) is 78.5 cm³/mol. The largest absolute Gasteiger partial charge is 0.318 e. The first-order valence-corrected chi connectivity index (χ1v) is 6.60. The molecule has 2 nitrogen and oxygen atoms in total. The third-order valence-electron chi connectivity index (χ3n) is 2.89. The lowest BCUT2D eigenvalue weighted by molar-refractivity contribution is -0.119. The van der Waals surface area contributed by atoms with Crippen molar-refractivity contribution in [3.8, 4) is 0 Å². The number of hydrogen-bond acceptors (Lipinski definition) is 2. The summed E-state index contributed by atoms with van der Waals surface area (Å²) in [6.07, 6.45) is 0.200. The molecule has 2 aromatic rings. The van der Waals surface area contributed by atoms with Crippen molar-refractivity contribution in [2.24, 2.45) is 5.73 Å². The van der Waals surface area contributed by atoms with E-state index in [0.29, 0.717) is 10.0 Å². The molecule has 1 unspecified atom stereocenters. The monoisotopic (exact) mass is 293 g/mol. The van der Waals surface area contributed by atoms with Crippen molar-refractivity contribution in [3.05, 3.63) is 69.7 Å². The van der Waals surface area contributed by atoms with Gasteiger partial charge in [0.05, 0.1) is 6.04 Å². The number of halogens is 2. The van der Waals surface area contributed by atoms with Crippen molar-refractivity contribution in [3.63, 3.8) is 0 Å². The van der Waals surface area contributed by atoms with Crippen molar-refractivity contribution in [1.82, 2.24) is 0 Å². The summed E-state index contributed by atoms with van der Waals surface area (Å²) in [7, 11) is 0. The second-order valence-corrected chi connectivity index (χ2v) is 5.11. The van der Waals surface area contributed by atoms with Crippen LogP contribution in [0.4, 0.5) is 0 Å². The zero-order chi connectivity index (χ0) is 13.8. The molecule has 0 radical (unpaired) electrons. The zero-order valence-corrected chi connectivity index (χ0v) is 11.7. The maximum atomic E-state index is 12.1. The van der Waals surface area contributed by atoms with E-state index in [1.165, 1.54) is 0 Å². The van der Waals surface area contributed by atoms with E-state index >= 15 is 0 Å². The average molecular weight is 294 g/mol. The summed E-state index contributed by atoms with van der Waals surface area (Å²) in [5.41, 5.74) is 7.49. The Hall–Kier alpha value is -1.35. The van der Waals surface area contributed by atoms with Gasteiger partial charge in [-0.15, -0.1) is 0 Å². The number of rotatable bonds is 4. The quantitative estimate of drug-likeness (QED) is 0.932. The lowest BCUT2D eigenvalue weighted by Gasteiger charge is -2.11. The highest BCUT2D eigenvalue weighted by Crippen LogP contribution is 2.23. The second-order valence-electron chi connectivity index (χ2n) is 4.27. The molecule has 0 amide bonds. The first-order chi connectivity index (χ1) is 9.08. The summed E-state index contributed by atoms with van der Waals surface area (Å²) < 4.78 is 0. The van der Waals surface area contributed by atoms with Gasteiger partial charge in [-0.3, -0.25) is 4.79 Å². The fourth-order valence-electron chi connectivity index (χ4n) is 1.81. The molecule has 0 saturated carbocycles. The Bertz CT molecular complexity index is 584. The number of nitrogens with two attached hydrogens (primary N) is 1. The highest BCUT2D eigenvalue weighted by molar-refractivity contribution is 6.35. The van der Waals surface area contributed by atoms with E-state index in [-0.39, 0.29) is 12.2 Å². The van der Waals surface area contributed by atoms with Crippen LogP contribution < -0.4 is 5.73 Å². The molecule has 19 heavy (non-hydrogen) atoms. The molecule has 2 N–H and O–H groups in total. The molecule has 0 spiro atoms. The van der Waals surface area contributed by atoms with Gasteiger partial charge in [0.15, 0.2) is 5.78 Å². The summed E-state index contributed by atoms with van der Waals surface area (Å²) in [5.74, 6) is -0.0737. The highest BCUT2D eigenvalue weighted by Gasteiger charge is 2.17. The molecule has 0 aromatic heterocycles. The van der Waals surface area contributed by atoms with Gasteiger partial charge in [0.2, 0.25) is 0 Å². The van der Waals surface area contributed by atoms with Crippen molar-refractivity contribution in [1.29, 1.82) is 0 Å². The van der Waals surface area contributed by atoms with E-state index in [9.17, 15) is 4.79 Å². The van der Waals surface area contributed by atoms with E-state index in [1.807, 2.05) is 30.3 Å². The Kier molecular flexibility index (Phi) is 4.59. The van der Waals surface area contributed by atoms with Gasteiger partial charge in [0.1, 0.15) is 0 Å². The van der Waals surface area contributed by atoms with E-state index in [0.717, 1.165) is 11.1 Å². The van der Waals surface area contributed by atoms with Gasteiger partial charge in [0.25, 0.3) is 0 Å².